The van der Waals surface area contributed by atoms with Crippen molar-refractivity contribution in [2.45, 2.75) is 54.8 Å². The topological polar surface area (TPSA) is 57.5 Å². The van der Waals surface area contributed by atoms with Gasteiger partial charge in [0.1, 0.15) is 4.75 Å². The molecule has 1 heterocycles. The summed E-state index contributed by atoms with van der Waals surface area (Å²) < 4.78 is -0.296. The van der Waals surface area contributed by atoms with E-state index >= 15 is 0 Å². The number of ketones is 1. The predicted molar refractivity (Wildman–Crippen MR) is 104 cm³/mol. The average molecular weight is 364 g/mol. The zero-order chi connectivity index (χ0) is 17.3. The van der Waals surface area contributed by atoms with Gasteiger partial charge < -0.3 is 10.0 Å². The number of fused-ring (bicyclic) bond motifs is 1. The maximum atomic E-state index is 12.9. The minimum absolute atomic E-state index is 0.210. The van der Waals surface area contributed by atoms with Crippen LogP contribution in [0.15, 0.2) is 18.2 Å². The molecule has 2 aliphatic rings. The second-order valence-corrected chi connectivity index (χ2v) is 9.48. The van der Waals surface area contributed by atoms with E-state index in [0.29, 0.717) is 11.4 Å². The number of benzene rings is 1. The Kier molecular flexibility index (Phi) is 5.70. The van der Waals surface area contributed by atoms with Crippen LogP contribution in [0.1, 0.15) is 61.2 Å². The molecule has 2 N–H and O–H groups in total. The SMILES string of the molecule is CSC1SC(C(C)=O)(C2CCCCCC2)c2cc(B(O)O)ccc21. The van der Waals surface area contributed by atoms with Crippen LogP contribution in [0.5, 0.6) is 0 Å². The van der Waals surface area contributed by atoms with E-state index in [9.17, 15) is 14.8 Å². The van der Waals surface area contributed by atoms with Crippen molar-refractivity contribution in [1.29, 1.82) is 0 Å². The second-order valence-electron chi connectivity index (χ2n) is 6.89. The van der Waals surface area contributed by atoms with Gasteiger partial charge in [-0.3, -0.25) is 4.79 Å². The molecule has 1 aliphatic carbocycles. The highest BCUT2D eigenvalue weighted by Crippen LogP contribution is 2.63. The predicted octanol–water partition coefficient (Wildman–Crippen LogP) is 3.23. The minimum atomic E-state index is -1.49. The first-order valence-corrected chi connectivity index (χ1v) is 10.9. The zero-order valence-electron chi connectivity index (χ0n) is 14.3. The fourth-order valence-electron chi connectivity index (χ4n) is 4.29. The van der Waals surface area contributed by atoms with Gasteiger partial charge in [0.25, 0.3) is 0 Å². The molecular formula is C18H25BO3S2. The van der Waals surface area contributed by atoms with E-state index in [1.807, 2.05) is 12.1 Å². The molecule has 0 saturated heterocycles. The van der Waals surface area contributed by atoms with Crippen LogP contribution in [0, 0.1) is 5.92 Å². The molecule has 24 heavy (non-hydrogen) atoms. The molecule has 0 amide bonds. The Bertz CT molecular complexity index is 614. The van der Waals surface area contributed by atoms with Gasteiger partial charge in [0.05, 0.1) is 4.58 Å². The van der Waals surface area contributed by atoms with Gasteiger partial charge in [-0.2, -0.15) is 0 Å². The van der Waals surface area contributed by atoms with Gasteiger partial charge in [-0.1, -0.05) is 43.9 Å². The largest absolute Gasteiger partial charge is 0.488 e. The molecule has 6 heteroatoms. The summed E-state index contributed by atoms with van der Waals surface area (Å²) in [6.45, 7) is 1.71. The summed E-state index contributed by atoms with van der Waals surface area (Å²) in [5, 5.41) is 19.2. The van der Waals surface area contributed by atoms with Crippen molar-refractivity contribution in [2.75, 3.05) is 6.26 Å². The standard InChI is InChI=1S/C18H25BO3S2/c1-12(20)18(13-7-5-3-4-6-8-13)16-11-14(19(21)22)9-10-15(16)17(23-2)24-18/h9-11,13,17,21-22H,3-8H2,1-2H3. The van der Waals surface area contributed by atoms with Crippen LogP contribution in [-0.4, -0.2) is 29.2 Å². The molecule has 3 nitrogen and oxygen atoms in total. The fraction of sp³-hybridized carbons (Fsp3) is 0.611. The van der Waals surface area contributed by atoms with Crippen LogP contribution in [-0.2, 0) is 9.54 Å². The third-order valence-corrected chi connectivity index (χ3v) is 8.72. The van der Waals surface area contributed by atoms with Crippen LogP contribution in [0.4, 0.5) is 0 Å². The van der Waals surface area contributed by atoms with Crippen molar-refractivity contribution in [3.05, 3.63) is 29.3 Å². The highest BCUT2D eigenvalue weighted by Gasteiger charge is 2.52. The minimum Gasteiger partial charge on any atom is -0.423 e. The van der Waals surface area contributed by atoms with Crippen molar-refractivity contribution in [3.8, 4) is 0 Å². The number of hydrogen-bond acceptors (Lipinski definition) is 5. The molecule has 0 spiro atoms. The number of carbonyl (C=O) groups is 1. The van der Waals surface area contributed by atoms with Crippen LogP contribution in [0.25, 0.3) is 0 Å². The van der Waals surface area contributed by atoms with Crippen molar-refractivity contribution < 1.29 is 14.8 Å². The molecule has 0 aromatic heterocycles. The second kappa shape index (κ2) is 7.44. The fourth-order valence-corrected chi connectivity index (χ4v) is 7.16. The molecule has 1 saturated carbocycles. The van der Waals surface area contributed by atoms with Crippen LogP contribution >= 0.6 is 23.5 Å². The molecule has 0 radical (unpaired) electrons. The lowest BCUT2D eigenvalue weighted by Crippen LogP contribution is -2.39. The van der Waals surface area contributed by atoms with Crippen molar-refractivity contribution in [2.24, 2.45) is 5.92 Å². The Hall–Kier alpha value is -0.425. The van der Waals surface area contributed by atoms with Gasteiger partial charge in [0, 0.05) is 0 Å². The maximum Gasteiger partial charge on any atom is 0.488 e. The first-order valence-electron chi connectivity index (χ1n) is 8.72. The van der Waals surface area contributed by atoms with Crippen molar-refractivity contribution >= 4 is 41.9 Å². The van der Waals surface area contributed by atoms with E-state index in [4.69, 9.17) is 0 Å². The van der Waals surface area contributed by atoms with Crippen LogP contribution < -0.4 is 5.46 Å². The normalized spacial score (nSPS) is 27.6. The van der Waals surface area contributed by atoms with Crippen molar-refractivity contribution in [1.82, 2.24) is 0 Å². The summed E-state index contributed by atoms with van der Waals surface area (Å²) >= 11 is 3.55. The van der Waals surface area contributed by atoms with Gasteiger partial charge >= 0.3 is 7.12 Å². The Labute approximate surface area is 153 Å². The molecule has 2 unspecified atom stereocenters. The van der Waals surface area contributed by atoms with Crippen LogP contribution in [0.3, 0.4) is 0 Å². The molecule has 3 rings (SSSR count). The van der Waals surface area contributed by atoms with Crippen LogP contribution in [0.2, 0.25) is 0 Å². The molecule has 130 valence electrons. The summed E-state index contributed by atoms with van der Waals surface area (Å²) in [6, 6.07) is 5.63. The van der Waals surface area contributed by atoms with Gasteiger partial charge in [-0.05, 0) is 48.5 Å². The van der Waals surface area contributed by atoms with E-state index in [2.05, 4.69) is 6.26 Å². The third kappa shape index (κ3) is 3.07. The number of thioether (sulfide) groups is 2. The lowest BCUT2D eigenvalue weighted by atomic mass is 9.72. The molecule has 1 aromatic carbocycles. The first-order chi connectivity index (χ1) is 11.5. The maximum absolute atomic E-state index is 12.9. The van der Waals surface area contributed by atoms with Gasteiger partial charge in [0.2, 0.25) is 0 Å². The average Bonchev–Trinajstić information content (AvgIpc) is 2.71. The molecule has 1 aliphatic heterocycles. The monoisotopic (exact) mass is 364 g/mol. The molecule has 1 fully saturated rings. The number of rotatable bonds is 4. The van der Waals surface area contributed by atoms with E-state index in [-0.39, 0.29) is 10.4 Å². The Balaban J connectivity index is 2.13. The number of Topliss-reactive ketones (excluding diaryl/α,β-unsaturated/α-hetero) is 1. The summed E-state index contributed by atoms with van der Waals surface area (Å²) in [5.74, 6) is 0.547. The third-order valence-electron chi connectivity index (χ3n) is 5.49. The number of carbonyl (C=O) groups excluding carboxylic acids is 1. The highest BCUT2D eigenvalue weighted by molar-refractivity contribution is 8.17. The molecule has 0 bridgehead atoms. The van der Waals surface area contributed by atoms with E-state index in [0.717, 1.165) is 18.4 Å². The Morgan fingerprint density at radius 1 is 1.25 bits per heavy atom. The van der Waals surface area contributed by atoms with E-state index in [1.54, 1.807) is 36.5 Å². The Morgan fingerprint density at radius 2 is 1.92 bits per heavy atom. The molecular weight excluding hydrogens is 339 g/mol. The lowest BCUT2D eigenvalue weighted by molar-refractivity contribution is -0.121. The van der Waals surface area contributed by atoms with Gasteiger partial charge in [0.15, 0.2) is 5.78 Å². The van der Waals surface area contributed by atoms with E-state index in [1.165, 1.54) is 31.2 Å². The smallest absolute Gasteiger partial charge is 0.423 e. The van der Waals surface area contributed by atoms with E-state index < -0.39 is 11.9 Å². The Morgan fingerprint density at radius 3 is 2.46 bits per heavy atom. The zero-order valence-corrected chi connectivity index (χ0v) is 16.0. The molecule has 2 atom stereocenters. The number of hydrogen-bond donors (Lipinski definition) is 2. The first kappa shape index (κ1) is 18.4. The van der Waals surface area contributed by atoms with Gasteiger partial charge in [-0.15, -0.1) is 23.5 Å². The summed E-state index contributed by atoms with van der Waals surface area (Å²) in [7, 11) is -1.49. The van der Waals surface area contributed by atoms with Crippen molar-refractivity contribution in [3.63, 3.8) is 0 Å². The summed E-state index contributed by atoms with van der Waals surface area (Å²) in [5.41, 5.74) is 2.68. The summed E-state index contributed by atoms with van der Waals surface area (Å²) in [4.78, 5) is 12.9. The quantitative estimate of drug-likeness (QED) is 0.635. The van der Waals surface area contributed by atoms with Gasteiger partial charge in [-0.25, -0.2) is 0 Å². The summed E-state index contributed by atoms with van der Waals surface area (Å²) in [6.07, 6.45) is 9.12. The highest BCUT2D eigenvalue weighted by atomic mass is 32.2. The lowest BCUT2D eigenvalue weighted by Gasteiger charge is -2.36. The molecule has 1 aromatic rings.